The van der Waals surface area contributed by atoms with Crippen LogP contribution < -0.4 is 5.32 Å². The molecule has 0 unspecified atom stereocenters. The van der Waals surface area contributed by atoms with Gasteiger partial charge in [-0.15, -0.1) is 0 Å². The fourth-order valence-electron chi connectivity index (χ4n) is 3.94. The highest BCUT2D eigenvalue weighted by Gasteiger charge is 2.22. The first-order valence-corrected chi connectivity index (χ1v) is 10.4. The number of imidazole rings is 1. The molecule has 1 aliphatic rings. The van der Waals surface area contributed by atoms with E-state index in [0.717, 1.165) is 24.2 Å². The van der Waals surface area contributed by atoms with Crippen LogP contribution >= 0.6 is 0 Å². The largest absolute Gasteiger partial charge is 0.381 e. The maximum Gasteiger partial charge on any atom is 0.272 e. The molecule has 1 saturated heterocycles. The molecule has 0 radical (unpaired) electrons. The molecular formula is C22H22FN7O2. The third kappa shape index (κ3) is 4.09. The zero-order valence-electron chi connectivity index (χ0n) is 17.5. The highest BCUT2D eigenvalue weighted by atomic mass is 19.1. The number of aromatic nitrogens is 6. The number of aromatic amines is 1. The molecule has 4 aromatic rings. The standard InChI is InChI=1S/C22H22FN7O2/c1-30-11-16(10-27-30)15-6-13(7-17(23)8-15)9-24-22(31)19-18-21(26-12-25-19)29-20(28-18)14-2-4-32-5-3-14/h6-8,10-12,14H,2-5,9H2,1H3,(H,24,31)(H,25,26,28,29). The number of ether oxygens (including phenoxy) is 1. The van der Waals surface area contributed by atoms with Crippen LogP contribution in [-0.2, 0) is 18.3 Å². The topological polar surface area (TPSA) is 111 Å². The summed E-state index contributed by atoms with van der Waals surface area (Å²) >= 11 is 0. The second-order valence-electron chi connectivity index (χ2n) is 7.86. The molecule has 1 aromatic carbocycles. The van der Waals surface area contributed by atoms with Crippen molar-refractivity contribution in [3.8, 4) is 11.1 Å². The van der Waals surface area contributed by atoms with Gasteiger partial charge in [0.2, 0.25) is 0 Å². The number of benzene rings is 1. The van der Waals surface area contributed by atoms with Gasteiger partial charge in [-0.1, -0.05) is 0 Å². The molecule has 0 bridgehead atoms. The highest BCUT2D eigenvalue weighted by Crippen LogP contribution is 2.26. The van der Waals surface area contributed by atoms with Crippen molar-refractivity contribution in [3.63, 3.8) is 0 Å². The fraction of sp³-hybridized carbons (Fsp3) is 0.318. The quantitative estimate of drug-likeness (QED) is 0.499. The smallest absolute Gasteiger partial charge is 0.272 e. The van der Waals surface area contributed by atoms with E-state index in [9.17, 15) is 9.18 Å². The van der Waals surface area contributed by atoms with Gasteiger partial charge in [-0.25, -0.2) is 19.3 Å². The first kappa shape index (κ1) is 20.3. The van der Waals surface area contributed by atoms with E-state index in [1.54, 1.807) is 17.9 Å². The number of H-pyrrole nitrogens is 1. The van der Waals surface area contributed by atoms with Gasteiger partial charge in [0.15, 0.2) is 11.3 Å². The first-order valence-electron chi connectivity index (χ1n) is 10.4. The number of hydrogen-bond acceptors (Lipinski definition) is 6. The molecule has 0 aliphatic carbocycles. The van der Waals surface area contributed by atoms with Crippen LogP contribution in [0.5, 0.6) is 0 Å². The van der Waals surface area contributed by atoms with E-state index in [1.165, 1.54) is 18.5 Å². The number of hydrogen-bond donors (Lipinski definition) is 2. The predicted octanol–water partition coefficient (Wildman–Crippen LogP) is 2.72. The highest BCUT2D eigenvalue weighted by molar-refractivity contribution is 6.02. The predicted molar refractivity (Wildman–Crippen MR) is 114 cm³/mol. The second-order valence-corrected chi connectivity index (χ2v) is 7.86. The van der Waals surface area contributed by atoms with Gasteiger partial charge in [0.25, 0.3) is 5.91 Å². The number of halogens is 1. The second kappa shape index (κ2) is 8.46. The SMILES string of the molecule is Cn1cc(-c2cc(F)cc(CNC(=O)c3ncnc4nc(C5CCOCC5)[nH]c34)c2)cn1. The summed E-state index contributed by atoms with van der Waals surface area (Å²) in [6.07, 6.45) is 6.54. The molecule has 9 nitrogen and oxygen atoms in total. The van der Waals surface area contributed by atoms with E-state index in [-0.39, 0.29) is 29.9 Å². The van der Waals surface area contributed by atoms with Crippen LogP contribution in [0.25, 0.3) is 22.3 Å². The van der Waals surface area contributed by atoms with Crippen LogP contribution in [0, 0.1) is 5.82 Å². The third-order valence-corrected chi connectivity index (χ3v) is 5.58. The zero-order valence-corrected chi connectivity index (χ0v) is 17.5. The lowest BCUT2D eigenvalue weighted by atomic mass is 10.00. The Morgan fingerprint density at radius 1 is 1.25 bits per heavy atom. The third-order valence-electron chi connectivity index (χ3n) is 5.58. The van der Waals surface area contributed by atoms with E-state index >= 15 is 0 Å². The molecule has 3 aromatic heterocycles. The van der Waals surface area contributed by atoms with Gasteiger partial charge in [0.05, 0.1) is 6.20 Å². The summed E-state index contributed by atoms with van der Waals surface area (Å²) in [4.78, 5) is 29.0. The molecule has 4 heterocycles. The molecule has 0 spiro atoms. The van der Waals surface area contributed by atoms with Gasteiger partial charge in [0.1, 0.15) is 23.5 Å². The monoisotopic (exact) mass is 435 g/mol. The zero-order chi connectivity index (χ0) is 22.1. The molecule has 10 heteroatoms. The van der Waals surface area contributed by atoms with E-state index < -0.39 is 0 Å². The Morgan fingerprint density at radius 3 is 2.88 bits per heavy atom. The normalized spacial score (nSPS) is 14.7. The minimum absolute atomic E-state index is 0.149. The Labute approximate surface area is 183 Å². The molecule has 1 aliphatic heterocycles. The van der Waals surface area contributed by atoms with Crippen molar-refractivity contribution in [2.45, 2.75) is 25.3 Å². The van der Waals surface area contributed by atoms with Crippen LogP contribution in [-0.4, -0.2) is 48.8 Å². The lowest BCUT2D eigenvalue weighted by Crippen LogP contribution is -2.24. The molecule has 32 heavy (non-hydrogen) atoms. The number of fused-ring (bicyclic) bond motifs is 1. The summed E-state index contributed by atoms with van der Waals surface area (Å²) in [6, 6.07) is 4.67. The van der Waals surface area contributed by atoms with Gasteiger partial charge in [-0.2, -0.15) is 5.10 Å². The first-order chi connectivity index (χ1) is 15.6. The lowest BCUT2D eigenvalue weighted by Gasteiger charge is -2.19. The minimum atomic E-state index is -0.383. The van der Waals surface area contributed by atoms with Crippen LogP contribution in [0.2, 0.25) is 0 Å². The average molecular weight is 435 g/mol. The summed E-state index contributed by atoms with van der Waals surface area (Å²) < 4.78 is 21.2. The van der Waals surface area contributed by atoms with Crippen LogP contribution in [0.3, 0.4) is 0 Å². The van der Waals surface area contributed by atoms with Gasteiger partial charge in [-0.3, -0.25) is 9.48 Å². The van der Waals surface area contributed by atoms with Crippen LogP contribution in [0.4, 0.5) is 4.39 Å². The van der Waals surface area contributed by atoms with Crippen molar-refractivity contribution in [2.75, 3.05) is 13.2 Å². The number of carbonyl (C=O) groups excluding carboxylic acids is 1. The summed E-state index contributed by atoms with van der Waals surface area (Å²) in [5.41, 5.74) is 3.30. The van der Waals surface area contributed by atoms with Crippen LogP contribution in [0.1, 0.15) is 40.6 Å². The maximum atomic E-state index is 14.2. The Bertz CT molecular complexity index is 1280. The van der Waals surface area contributed by atoms with Crippen molar-refractivity contribution in [1.29, 1.82) is 0 Å². The van der Waals surface area contributed by atoms with E-state index in [2.05, 4.69) is 30.4 Å². The Kier molecular flexibility index (Phi) is 5.36. The van der Waals surface area contributed by atoms with Gasteiger partial charge in [-0.05, 0) is 42.2 Å². The number of carbonyl (C=O) groups is 1. The minimum Gasteiger partial charge on any atom is -0.381 e. The van der Waals surface area contributed by atoms with E-state index in [1.807, 2.05) is 12.3 Å². The van der Waals surface area contributed by atoms with Crippen molar-refractivity contribution < 1.29 is 13.9 Å². The average Bonchev–Trinajstić information content (AvgIpc) is 3.44. The molecular weight excluding hydrogens is 413 g/mol. The number of nitrogens with one attached hydrogen (secondary N) is 2. The maximum absolute atomic E-state index is 14.2. The van der Waals surface area contributed by atoms with Gasteiger partial charge < -0.3 is 15.0 Å². The Balaban J connectivity index is 1.35. The van der Waals surface area contributed by atoms with E-state index in [0.29, 0.717) is 35.5 Å². The fourth-order valence-corrected chi connectivity index (χ4v) is 3.94. The molecule has 1 fully saturated rings. The van der Waals surface area contributed by atoms with Crippen molar-refractivity contribution >= 4 is 17.1 Å². The van der Waals surface area contributed by atoms with E-state index in [4.69, 9.17) is 4.74 Å². The number of aryl methyl sites for hydroxylation is 1. The number of amides is 1. The number of rotatable bonds is 5. The van der Waals surface area contributed by atoms with Crippen molar-refractivity contribution in [2.24, 2.45) is 7.05 Å². The molecule has 164 valence electrons. The van der Waals surface area contributed by atoms with Gasteiger partial charge in [0, 0.05) is 44.5 Å². The summed E-state index contributed by atoms with van der Waals surface area (Å²) in [5.74, 6) is 0.276. The lowest BCUT2D eigenvalue weighted by molar-refractivity contribution is 0.0838. The summed E-state index contributed by atoms with van der Waals surface area (Å²) in [6.45, 7) is 1.53. The molecule has 0 saturated carbocycles. The molecule has 1 amide bonds. The van der Waals surface area contributed by atoms with Crippen molar-refractivity contribution in [1.82, 2.24) is 35.0 Å². The summed E-state index contributed by atoms with van der Waals surface area (Å²) in [7, 11) is 1.80. The molecule has 5 rings (SSSR count). The Morgan fingerprint density at radius 2 is 2.09 bits per heavy atom. The van der Waals surface area contributed by atoms with Crippen molar-refractivity contribution in [3.05, 3.63) is 59.8 Å². The van der Waals surface area contributed by atoms with Crippen LogP contribution in [0.15, 0.2) is 36.9 Å². The Hall–Kier alpha value is -3.66. The summed E-state index contributed by atoms with van der Waals surface area (Å²) in [5, 5.41) is 6.95. The van der Waals surface area contributed by atoms with Gasteiger partial charge >= 0.3 is 0 Å². The molecule has 2 N–H and O–H groups in total. The molecule has 0 atom stereocenters. The number of nitrogens with zero attached hydrogens (tertiary/aromatic N) is 5.